The highest BCUT2D eigenvalue weighted by Gasteiger charge is 2.35. The summed E-state index contributed by atoms with van der Waals surface area (Å²) in [5, 5.41) is 4.75. The maximum Gasteiger partial charge on any atom is 0.309 e. The highest BCUT2D eigenvalue weighted by atomic mass is 32.2. The van der Waals surface area contributed by atoms with Crippen molar-refractivity contribution < 1.29 is 31.5 Å². The van der Waals surface area contributed by atoms with Gasteiger partial charge in [0, 0.05) is 13.1 Å². The van der Waals surface area contributed by atoms with Crippen LogP contribution in [0.3, 0.4) is 0 Å². The first kappa shape index (κ1) is 22.8. The zero-order chi connectivity index (χ0) is 22.4. The quantitative estimate of drug-likeness (QED) is 0.639. The van der Waals surface area contributed by atoms with Crippen LogP contribution in [0.15, 0.2) is 53.4 Å². The molecule has 1 saturated heterocycles. The SMILES string of the molecule is O=C(NCc1ccc(F)cc1)C(=O)NC[C@H]1OCCCN1S(=O)(=O)c1ccc(F)cc1. The number of rotatable bonds is 6. The Morgan fingerprint density at radius 1 is 0.968 bits per heavy atom. The van der Waals surface area contributed by atoms with Gasteiger partial charge in [0.15, 0.2) is 0 Å². The molecule has 1 atom stereocenters. The number of ether oxygens (including phenoxy) is 1. The molecule has 166 valence electrons. The van der Waals surface area contributed by atoms with Crippen LogP contribution in [0.4, 0.5) is 8.78 Å². The second-order valence-electron chi connectivity index (χ2n) is 6.77. The Bertz CT molecular complexity index is 1030. The predicted octanol–water partition coefficient (Wildman–Crippen LogP) is 1.13. The van der Waals surface area contributed by atoms with E-state index in [1.54, 1.807) is 0 Å². The Balaban J connectivity index is 1.58. The molecule has 0 aliphatic carbocycles. The molecule has 0 radical (unpaired) electrons. The number of amides is 2. The first-order chi connectivity index (χ1) is 14.8. The van der Waals surface area contributed by atoms with Gasteiger partial charge < -0.3 is 15.4 Å². The minimum absolute atomic E-state index is 0.0253. The summed E-state index contributed by atoms with van der Waals surface area (Å²) in [6, 6.07) is 9.80. The van der Waals surface area contributed by atoms with Crippen molar-refractivity contribution >= 4 is 21.8 Å². The standard InChI is InChI=1S/C20H21F2N3O5S/c21-15-4-2-14(3-5-15)12-23-19(26)20(27)24-13-18-25(10-1-11-30-18)31(28,29)17-8-6-16(22)7-9-17/h2-9,18H,1,10-13H2,(H,23,26)(H,24,27)/t18-/m1/s1. The maximum absolute atomic E-state index is 13.1. The molecule has 8 nitrogen and oxygen atoms in total. The molecule has 0 aromatic heterocycles. The van der Waals surface area contributed by atoms with E-state index in [0.717, 1.165) is 28.6 Å². The third-order valence-corrected chi connectivity index (χ3v) is 6.49. The number of carbonyl (C=O) groups excluding carboxylic acids is 2. The summed E-state index contributed by atoms with van der Waals surface area (Å²) in [6.07, 6.45) is -0.569. The lowest BCUT2D eigenvalue weighted by Gasteiger charge is -2.34. The monoisotopic (exact) mass is 453 g/mol. The fourth-order valence-electron chi connectivity index (χ4n) is 2.97. The van der Waals surface area contributed by atoms with Crippen LogP contribution in [-0.4, -0.2) is 50.5 Å². The van der Waals surface area contributed by atoms with E-state index in [9.17, 15) is 26.8 Å². The number of nitrogens with zero attached hydrogens (tertiary/aromatic N) is 1. The van der Waals surface area contributed by atoms with Crippen LogP contribution in [0.5, 0.6) is 0 Å². The Morgan fingerprint density at radius 2 is 1.55 bits per heavy atom. The number of sulfonamides is 1. The minimum atomic E-state index is -3.99. The number of hydrogen-bond acceptors (Lipinski definition) is 5. The molecule has 1 fully saturated rings. The van der Waals surface area contributed by atoms with Crippen LogP contribution in [0, 0.1) is 11.6 Å². The summed E-state index contributed by atoms with van der Waals surface area (Å²) in [5.41, 5.74) is 0.606. The van der Waals surface area contributed by atoms with Gasteiger partial charge in [-0.2, -0.15) is 4.31 Å². The van der Waals surface area contributed by atoms with Crippen molar-refractivity contribution in [3.8, 4) is 0 Å². The van der Waals surface area contributed by atoms with Crippen molar-refractivity contribution in [1.82, 2.24) is 14.9 Å². The molecule has 0 spiro atoms. The molecule has 0 saturated carbocycles. The summed E-state index contributed by atoms with van der Waals surface area (Å²) >= 11 is 0. The second kappa shape index (κ2) is 9.94. The second-order valence-corrected chi connectivity index (χ2v) is 8.66. The molecule has 1 aliphatic heterocycles. The normalized spacial score (nSPS) is 17.2. The fraction of sp³-hybridized carbons (Fsp3) is 0.300. The lowest BCUT2D eigenvalue weighted by molar-refractivity contribution is -0.140. The van der Waals surface area contributed by atoms with Gasteiger partial charge in [-0.15, -0.1) is 0 Å². The van der Waals surface area contributed by atoms with Crippen LogP contribution >= 0.6 is 0 Å². The Morgan fingerprint density at radius 3 is 2.19 bits per heavy atom. The van der Waals surface area contributed by atoms with Gasteiger partial charge in [-0.1, -0.05) is 12.1 Å². The third kappa shape index (κ3) is 5.84. The highest BCUT2D eigenvalue weighted by Crippen LogP contribution is 2.22. The molecule has 2 aromatic carbocycles. The van der Waals surface area contributed by atoms with Crippen molar-refractivity contribution in [2.24, 2.45) is 0 Å². The summed E-state index contributed by atoms with van der Waals surface area (Å²) in [5.74, 6) is -2.87. The maximum atomic E-state index is 13.1. The summed E-state index contributed by atoms with van der Waals surface area (Å²) in [6.45, 7) is 0.213. The fourth-order valence-corrected chi connectivity index (χ4v) is 4.53. The highest BCUT2D eigenvalue weighted by molar-refractivity contribution is 7.89. The van der Waals surface area contributed by atoms with Crippen LogP contribution in [0.2, 0.25) is 0 Å². The van der Waals surface area contributed by atoms with E-state index in [-0.39, 0.29) is 31.1 Å². The van der Waals surface area contributed by atoms with E-state index in [1.807, 2.05) is 0 Å². The minimum Gasteiger partial charge on any atom is -0.360 e. The van der Waals surface area contributed by atoms with E-state index in [0.29, 0.717) is 12.0 Å². The van der Waals surface area contributed by atoms with Crippen molar-refractivity contribution in [2.75, 3.05) is 19.7 Å². The molecule has 1 aliphatic rings. The lowest BCUT2D eigenvalue weighted by Crippen LogP contribution is -2.53. The van der Waals surface area contributed by atoms with Gasteiger partial charge in [-0.3, -0.25) is 9.59 Å². The van der Waals surface area contributed by atoms with Gasteiger partial charge in [0.05, 0.1) is 18.0 Å². The van der Waals surface area contributed by atoms with Crippen molar-refractivity contribution in [2.45, 2.75) is 24.1 Å². The van der Waals surface area contributed by atoms with Gasteiger partial charge in [0.1, 0.15) is 17.9 Å². The van der Waals surface area contributed by atoms with Crippen molar-refractivity contribution in [1.29, 1.82) is 0 Å². The first-order valence-corrected chi connectivity index (χ1v) is 10.9. The number of halogens is 2. The molecule has 2 N–H and O–H groups in total. The largest absolute Gasteiger partial charge is 0.360 e. The zero-order valence-electron chi connectivity index (χ0n) is 16.4. The molecule has 1 heterocycles. The van der Waals surface area contributed by atoms with Crippen molar-refractivity contribution in [3.63, 3.8) is 0 Å². The van der Waals surface area contributed by atoms with E-state index >= 15 is 0 Å². The Kier molecular flexibility index (Phi) is 7.31. The summed E-state index contributed by atoms with van der Waals surface area (Å²) < 4.78 is 58.3. The Labute approximate surface area is 178 Å². The predicted molar refractivity (Wildman–Crippen MR) is 106 cm³/mol. The number of carbonyl (C=O) groups is 2. The summed E-state index contributed by atoms with van der Waals surface area (Å²) in [7, 11) is -3.99. The molecule has 2 aromatic rings. The van der Waals surface area contributed by atoms with Gasteiger partial charge in [-0.05, 0) is 48.4 Å². The van der Waals surface area contributed by atoms with Gasteiger partial charge in [0.25, 0.3) is 0 Å². The molecule has 0 unspecified atom stereocenters. The Hall–Kier alpha value is -2.89. The smallest absolute Gasteiger partial charge is 0.309 e. The number of hydrogen-bond donors (Lipinski definition) is 2. The van der Waals surface area contributed by atoms with E-state index in [1.165, 1.54) is 24.3 Å². The summed E-state index contributed by atoms with van der Waals surface area (Å²) in [4.78, 5) is 24.0. The average Bonchev–Trinajstić information content (AvgIpc) is 2.77. The van der Waals surface area contributed by atoms with Crippen LogP contribution < -0.4 is 10.6 Å². The molecule has 11 heteroatoms. The van der Waals surface area contributed by atoms with E-state index in [2.05, 4.69) is 10.6 Å². The van der Waals surface area contributed by atoms with Crippen LogP contribution in [0.1, 0.15) is 12.0 Å². The molecule has 2 amide bonds. The van der Waals surface area contributed by atoms with Gasteiger partial charge in [0.2, 0.25) is 10.0 Å². The first-order valence-electron chi connectivity index (χ1n) is 9.47. The molecule has 0 bridgehead atoms. The number of nitrogens with one attached hydrogen (secondary N) is 2. The lowest BCUT2D eigenvalue weighted by atomic mass is 10.2. The van der Waals surface area contributed by atoms with Gasteiger partial charge in [-0.25, -0.2) is 17.2 Å². The van der Waals surface area contributed by atoms with E-state index in [4.69, 9.17) is 4.74 Å². The topological polar surface area (TPSA) is 105 Å². The van der Waals surface area contributed by atoms with E-state index < -0.39 is 39.7 Å². The van der Waals surface area contributed by atoms with Gasteiger partial charge >= 0.3 is 11.8 Å². The molecule has 3 rings (SSSR count). The molecular formula is C20H21F2N3O5S. The zero-order valence-corrected chi connectivity index (χ0v) is 17.2. The molecular weight excluding hydrogens is 432 g/mol. The van der Waals surface area contributed by atoms with Crippen molar-refractivity contribution in [3.05, 3.63) is 65.7 Å². The molecule has 31 heavy (non-hydrogen) atoms. The van der Waals surface area contributed by atoms with Crippen LogP contribution in [0.25, 0.3) is 0 Å². The third-order valence-electron chi connectivity index (χ3n) is 4.58. The van der Waals surface area contributed by atoms with Crippen LogP contribution in [-0.2, 0) is 30.9 Å². The average molecular weight is 453 g/mol. The number of benzene rings is 2.